The Morgan fingerprint density at radius 1 is 1.29 bits per heavy atom. The second-order valence-electron chi connectivity index (χ2n) is 6.43. The molecule has 1 heterocycles. The lowest BCUT2D eigenvalue weighted by Gasteiger charge is -2.33. The van der Waals surface area contributed by atoms with Gasteiger partial charge in [0.15, 0.2) is 0 Å². The van der Waals surface area contributed by atoms with Crippen LogP contribution in [0.15, 0.2) is 24.3 Å². The van der Waals surface area contributed by atoms with Crippen molar-refractivity contribution < 1.29 is 4.79 Å². The zero-order valence-electron chi connectivity index (χ0n) is 13.1. The summed E-state index contributed by atoms with van der Waals surface area (Å²) in [6.07, 6.45) is 1.93. The van der Waals surface area contributed by atoms with E-state index in [0.29, 0.717) is 5.92 Å². The molecular weight excluding hydrogens is 262 g/mol. The predicted molar refractivity (Wildman–Crippen MR) is 85.8 cm³/mol. The molecule has 4 N–H and O–H groups in total. The van der Waals surface area contributed by atoms with Gasteiger partial charge in [-0.3, -0.25) is 4.79 Å². The average molecular weight is 289 g/mol. The van der Waals surface area contributed by atoms with E-state index in [1.54, 1.807) is 0 Å². The zero-order chi connectivity index (χ0) is 15.4. The van der Waals surface area contributed by atoms with Gasteiger partial charge in [0.25, 0.3) is 0 Å². The molecule has 4 nitrogen and oxygen atoms in total. The van der Waals surface area contributed by atoms with Gasteiger partial charge in [-0.15, -0.1) is 0 Å². The van der Waals surface area contributed by atoms with Crippen LogP contribution in [0.1, 0.15) is 49.8 Å². The van der Waals surface area contributed by atoms with Crippen molar-refractivity contribution in [2.45, 2.75) is 38.6 Å². The standard InChI is InChI=1S/C17H27N3O/c1-12(2)13-5-7-14(8-6-13)16(18)11-20-9-3-4-15(10-20)17(19)21/h5-8,12,15-16H,3-4,9-11,18H2,1-2H3,(H2,19,21). The maximum absolute atomic E-state index is 11.3. The first-order valence-corrected chi connectivity index (χ1v) is 7.84. The van der Waals surface area contributed by atoms with Gasteiger partial charge in [0, 0.05) is 19.1 Å². The first-order valence-electron chi connectivity index (χ1n) is 7.84. The van der Waals surface area contributed by atoms with Gasteiger partial charge in [-0.2, -0.15) is 0 Å². The summed E-state index contributed by atoms with van der Waals surface area (Å²) in [7, 11) is 0. The van der Waals surface area contributed by atoms with Crippen LogP contribution in [-0.4, -0.2) is 30.4 Å². The lowest BCUT2D eigenvalue weighted by Crippen LogP contribution is -2.43. The third kappa shape index (κ3) is 4.29. The van der Waals surface area contributed by atoms with Crippen molar-refractivity contribution in [2.24, 2.45) is 17.4 Å². The summed E-state index contributed by atoms with van der Waals surface area (Å²) in [6.45, 7) is 6.90. The van der Waals surface area contributed by atoms with Gasteiger partial charge < -0.3 is 16.4 Å². The smallest absolute Gasteiger partial charge is 0.221 e. The van der Waals surface area contributed by atoms with E-state index in [0.717, 1.165) is 38.0 Å². The van der Waals surface area contributed by atoms with E-state index in [4.69, 9.17) is 11.5 Å². The Kier molecular flexibility index (Phi) is 5.37. The molecule has 0 radical (unpaired) electrons. The summed E-state index contributed by atoms with van der Waals surface area (Å²) < 4.78 is 0. The first-order chi connectivity index (χ1) is 9.97. The molecule has 1 aliphatic rings. The lowest BCUT2D eigenvalue weighted by molar-refractivity contribution is -0.123. The van der Waals surface area contributed by atoms with Crippen molar-refractivity contribution in [3.05, 3.63) is 35.4 Å². The maximum atomic E-state index is 11.3. The van der Waals surface area contributed by atoms with Gasteiger partial charge in [-0.25, -0.2) is 0 Å². The highest BCUT2D eigenvalue weighted by Gasteiger charge is 2.25. The molecule has 2 rings (SSSR count). The van der Waals surface area contributed by atoms with Gasteiger partial charge >= 0.3 is 0 Å². The Labute approximate surface area is 127 Å². The molecular formula is C17H27N3O. The fraction of sp³-hybridized carbons (Fsp3) is 0.588. The van der Waals surface area contributed by atoms with E-state index in [-0.39, 0.29) is 17.9 Å². The molecule has 1 fully saturated rings. The van der Waals surface area contributed by atoms with Gasteiger partial charge in [0.2, 0.25) is 5.91 Å². The molecule has 0 saturated carbocycles. The summed E-state index contributed by atoms with van der Waals surface area (Å²) in [4.78, 5) is 13.6. The van der Waals surface area contributed by atoms with Crippen molar-refractivity contribution in [3.8, 4) is 0 Å². The van der Waals surface area contributed by atoms with Crippen LogP contribution in [0.2, 0.25) is 0 Å². The largest absolute Gasteiger partial charge is 0.369 e. The van der Waals surface area contributed by atoms with Crippen LogP contribution in [0, 0.1) is 5.92 Å². The molecule has 2 atom stereocenters. The normalized spacial score (nSPS) is 21.4. The number of nitrogens with zero attached hydrogens (tertiary/aromatic N) is 1. The van der Waals surface area contributed by atoms with Gasteiger partial charge in [0.1, 0.15) is 0 Å². The Morgan fingerprint density at radius 3 is 2.48 bits per heavy atom. The van der Waals surface area contributed by atoms with Crippen molar-refractivity contribution in [3.63, 3.8) is 0 Å². The topological polar surface area (TPSA) is 72.3 Å². The maximum Gasteiger partial charge on any atom is 0.221 e. The number of carbonyl (C=O) groups is 1. The van der Waals surface area contributed by atoms with E-state index >= 15 is 0 Å². The Bertz CT molecular complexity index is 469. The average Bonchev–Trinajstić information content (AvgIpc) is 2.47. The molecule has 21 heavy (non-hydrogen) atoms. The first kappa shape index (κ1) is 16.0. The van der Waals surface area contributed by atoms with Crippen molar-refractivity contribution in [1.29, 1.82) is 0 Å². The van der Waals surface area contributed by atoms with Crippen molar-refractivity contribution in [1.82, 2.24) is 4.90 Å². The Morgan fingerprint density at radius 2 is 1.90 bits per heavy atom. The van der Waals surface area contributed by atoms with E-state index < -0.39 is 0 Å². The molecule has 0 aromatic heterocycles. The van der Waals surface area contributed by atoms with Crippen molar-refractivity contribution >= 4 is 5.91 Å². The highest BCUT2D eigenvalue weighted by Crippen LogP contribution is 2.21. The summed E-state index contributed by atoms with van der Waals surface area (Å²) in [5.74, 6) is 0.331. The second-order valence-corrected chi connectivity index (χ2v) is 6.43. The SMILES string of the molecule is CC(C)c1ccc(C(N)CN2CCCC(C(N)=O)C2)cc1. The fourth-order valence-corrected chi connectivity index (χ4v) is 2.97. The van der Waals surface area contributed by atoms with Crippen LogP contribution in [0.4, 0.5) is 0 Å². The molecule has 1 saturated heterocycles. The van der Waals surface area contributed by atoms with E-state index in [1.807, 2.05) is 0 Å². The number of hydrogen-bond acceptors (Lipinski definition) is 3. The number of rotatable bonds is 5. The molecule has 4 heteroatoms. The van der Waals surface area contributed by atoms with E-state index in [9.17, 15) is 4.79 Å². The molecule has 1 aromatic rings. The monoisotopic (exact) mass is 289 g/mol. The number of carbonyl (C=O) groups excluding carboxylic acids is 1. The second kappa shape index (κ2) is 7.05. The number of piperidine rings is 1. The quantitative estimate of drug-likeness (QED) is 0.871. The van der Waals surface area contributed by atoms with E-state index in [1.165, 1.54) is 5.56 Å². The predicted octanol–water partition coefficient (Wildman–Crippen LogP) is 2.01. The molecule has 0 spiro atoms. The number of amides is 1. The van der Waals surface area contributed by atoms with Crippen LogP contribution in [0.25, 0.3) is 0 Å². The molecule has 1 aromatic carbocycles. The number of nitrogens with two attached hydrogens (primary N) is 2. The molecule has 0 bridgehead atoms. The highest BCUT2D eigenvalue weighted by molar-refractivity contribution is 5.76. The molecule has 1 amide bonds. The number of primary amides is 1. The van der Waals surface area contributed by atoms with Crippen LogP contribution in [0.3, 0.4) is 0 Å². The summed E-state index contributed by atoms with van der Waals surface area (Å²) >= 11 is 0. The van der Waals surface area contributed by atoms with Gasteiger partial charge in [-0.05, 0) is 36.4 Å². The van der Waals surface area contributed by atoms with Crippen LogP contribution >= 0.6 is 0 Å². The highest BCUT2D eigenvalue weighted by atomic mass is 16.1. The fourth-order valence-electron chi connectivity index (χ4n) is 2.97. The molecule has 0 aliphatic carbocycles. The third-order valence-electron chi connectivity index (χ3n) is 4.39. The van der Waals surface area contributed by atoms with Gasteiger partial charge in [-0.1, -0.05) is 38.1 Å². The van der Waals surface area contributed by atoms with Crippen molar-refractivity contribution in [2.75, 3.05) is 19.6 Å². The van der Waals surface area contributed by atoms with E-state index in [2.05, 4.69) is 43.0 Å². The molecule has 1 aliphatic heterocycles. The molecule has 116 valence electrons. The van der Waals surface area contributed by atoms with Crippen LogP contribution in [0.5, 0.6) is 0 Å². The number of hydrogen-bond donors (Lipinski definition) is 2. The Balaban J connectivity index is 1.94. The number of likely N-dealkylation sites (tertiary alicyclic amines) is 1. The minimum Gasteiger partial charge on any atom is -0.369 e. The lowest BCUT2D eigenvalue weighted by atomic mass is 9.95. The Hall–Kier alpha value is -1.39. The zero-order valence-corrected chi connectivity index (χ0v) is 13.1. The van der Waals surface area contributed by atoms with Crippen LogP contribution < -0.4 is 11.5 Å². The summed E-state index contributed by atoms with van der Waals surface area (Å²) in [5, 5.41) is 0. The molecule has 2 unspecified atom stereocenters. The summed E-state index contributed by atoms with van der Waals surface area (Å²) in [6, 6.07) is 8.54. The van der Waals surface area contributed by atoms with Gasteiger partial charge in [0.05, 0.1) is 5.92 Å². The number of benzene rings is 1. The van der Waals surface area contributed by atoms with Crippen LogP contribution in [-0.2, 0) is 4.79 Å². The third-order valence-corrected chi connectivity index (χ3v) is 4.39. The summed E-state index contributed by atoms with van der Waals surface area (Å²) in [5.41, 5.74) is 14.2. The minimum absolute atomic E-state index is 0.0159. The minimum atomic E-state index is -0.186.